The lowest BCUT2D eigenvalue weighted by atomic mass is 9.83. The molecule has 1 saturated heterocycles. The molecule has 0 amide bonds. The predicted molar refractivity (Wildman–Crippen MR) is 76.2 cm³/mol. The van der Waals surface area contributed by atoms with Crippen molar-refractivity contribution in [2.45, 2.75) is 57.4 Å². The van der Waals surface area contributed by atoms with E-state index < -0.39 is 0 Å². The summed E-state index contributed by atoms with van der Waals surface area (Å²) in [5.41, 5.74) is 5.93. The summed E-state index contributed by atoms with van der Waals surface area (Å²) in [6.45, 7) is 4.32. The number of hydrogen-bond donors (Lipinski definition) is 2. The maximum Gasteiger partial charge on any atom is 0.244 e. The molecule has 1 aromatic heterocycles. The number of anilines is 1. The van der Waals surface area contributed by atoms with Gasteiger partial charge >= 0.3 is 0 Å². The molecular weight excluding hydrogens is 238 g/mol. The fourth-order valence-electron chi connectivity index (χ4n) is 3.22. The lowest BCUT2D eigenvalue weighted by molar-refractivity contribution is 0.340. The zero-order chi connectivity index (χ0) is 13.2. The molecule has 0 spiro atoms. The molecule has 2 fully saturated rings. The second-order valence-corrected chi connectivity index (χ2v) is 6.30. The second kappa shape index (κ2) is 5.49. The lowest BCUT2D eigenvalue weighted by Gasteiger charge is -2.29. The summed E-state index contributed by atoms with van der Waals surface area (Å²) < 4.78 is 0. The fraction of sp³-hybridized carbons (Fsp3) is 0.857. The molecule has 3 N–H and O–H groups in total. The summed E-state index contributed by atoms with van der Waals surface area (Å²) in [7, 11) is 0. The first-order chi connectivity index (χ1) is 9.22. The highest BCUT2D eigenvalue weighted by atomic mass is 15.4. The smallest absolute Gasteiger partial charge is 0.244 e. The molecule has 1 saturated carbocycles. The summed E-state index contributed by atoms with van der Waals surface area (Å²) in [5, 5.41) is 7.57. The Balaban J connectivity index is 1.63. The number of aromatic amines is 1. The van der Waals surface area contributed by atoms with Crippen LogP contribution in [-0.4, -0.2) is 34.3 Å². The third-order valence-electron chi connectivity index (χ3n) is 4.72. The summed E-state index contributed by atoms with van der Waals surface area (Å²) in [5.74, 6) is 3.43. The van der Waals surface area contributed by atoms with Crippen LogP contribution in [0.1, 0.15) is 57.2 Å². The molecule has 106 valence electrons. The van der Waals surface area contributed by atoms with Crippen LogP contribution in [0.3, 0.4) is 0 Å². The molecule has 1 aliphatic heterocycles. The van der Waals surface area contributed by atoms with Crippen LogP contribution < -0.4 is 10.6 Å². The van der Waals surface area contributed by atoms with Crippen molar-refractivity contribution in [3.05, 3.63) is 5.82 Å². The molecule has 0 bridgehead atoms. The second-order valence-electron chi connectivity index (χ2n) is 6.30. The molecule has 0 unspecified atom stereocenters. The molecule has 5 nitrogen and oxygen atoms in total. The van der Waals surface area contributed by atoms with Gasteiger partial charge in [0.2, 0.25) is 5.95 Å². The molecule has 0 radical (unpaired) electrons. The van der Waals surface area contributed by atoms with Gasteiger partial charge in [-0.05, 0) is 31.6 Å². The number of aromatic nitrogens is 3. The molecule has 1 aliphatic carbocycles. The van der Waals surface area contributed by atoms with Gasteiger partial charge in [0.05, 0.1) is 0 Å². The SMILES string of the molecule is CC1CCC(c2nc(N3CCC(N)CC3)n[nH]2)CC1. The van der Waals surface area contributed by atoms with E-state index in [0.29, 0.717) is 12.0 Å². The van der Waals surface area contributed by atoms with Gasteiger partial charge in [-0.15, -0.1) is 5.10 Å². The minimum atomic E-state index is 0.356. The third-order valence-corrected chi connectivity index (χ3v) is 4.72. The van der Waals surface area contributed by atoms with Gasteiger partial charge in [0.25, 0.3) is 0 Å². The zero-order valence-corrected chi connectivity index (χ0v) is 11.8. The summed E-state index contributed by atoms with van der Waals surface area (Å²) in [6, 6.07) is 0.356. The number of hydrogen-bond acceptors (Lipinski definition) is 4. The zero-order valence-electron chi connectivity index (χ0n) is 11.8. The summed E-state index contributed by atoms with van der Waals surface area (Å²) in [4.78, 5) is 6.98. The van der Waals surface area contributed by atoms with Crippen LogP contribution >= 0.6 is 0 Å². The minimum absolute atomic E-state index is 0.356. The van der Waals surface area contributed by atoms with Crippen molar-refractivity contribution < 1.29 is 0 Å². The van der Waals surface area contributed by atoms with Gasteiger partial charge in [-0.1, -0.05) is 19.8 Å². The Hall–Kier alpha value is -1.10. The Morgan fingerprint density at radius 1 is 1.11 bits per heavy atom. The van der Waals surface area contributed by atoms with Crippen LogP contribution in [0.15, 0.2) is 0 Å². The van der Waals surface area contributed by atoms with Crippen molar-refractivity contribution in [2.24, 2.45) is 11.7 Å². The summed E-state index contributed by atoms with van der Waals surface area (Å²) >= 11 is 0. The average Bonchev–Trinajstić information content (AvgIpc) is 2.90. The van der Waals surface area contributed by atoms with Crippen LogP contribution in [0.5, 0.6) is 0 Å². The highest BCUT2D eigenvalue weighted by Crippen LogP contribution is 2.34. The molecule has 3 rings (SSSR count). The van der Waals surface area contributed by atoms with Crippen molar-refractivity contribution >= 4 is 5.95 Å². The van der Waals surface area contributed by atoms with Gasteiger partial charge < -0.3 is 10.6 Å². The van der Waals surface area contributed by atoms with Gasteiger partial charge in [0.15, 0.2) is 0 Å². The van der Waals surface area contributed by atoms with Crippen molar-refractivity contribution in [2.75, 3.05) is 18.0 Å². The van der Waals surface area contributed by atoms with E-state index in [4.69, 9.17) is 10.7 Å². The number of piperidine rings is 1. The van der Waals surface area contributed by atoms with Crippen LogP contribution in [-0.2, 0) is 0 Å². The Bertz CT molecular complexity index is 363. The van der Waals surface area contributed by atoms with Gasteiger partial charge in [-0.25, -0.2) is 0 Å². The highest BCUT2D eigenvalue weighted by Gasteiger charge is 2.24. The number of nitrogens with one attached hydrogen (secondary N) is 1. The number of nitrogens with zero attached hydrogens (tertiary/aromatic N) is 3. The van der Waals surface area contributed by atoms with Gasteiger partial charge in [0.1, 0.15) is 5.82 Å². The molecule has 0 aromatic carbocycles. The average molecular weight is 263 g/mol. The van der Waals surface area contributed by atoms with Crippen molar-refractivity contribution in [1.82, 2.24) is 15.2 Å². The van der Waals surface area contributed by atoms with E-state index in [1.165, 1.54) is 25.7 Å². The lowest BCUT2D eigenvalue weighted by Crippen LogP contribution is -2.40. The minimum Gasteiger partial charge on any atom is -0.339 e. The topological polar surface area (TPSA) is 70.8 Å². The maximum absolute atomic E-state index is 5.93. The van der Waals surface area contributed by atoms with Gasteiger partial charge in [0, 0.05) is 25.0 Å². The number of H-pyrrole nitrogens is 1. The van der Waals surface area contributed by atoms with E-state index in [1.54, 1.807) is 0 Å². The quantitative estimate of drug-likeness (QED) is 0.856. The van der Waals surface area contributed by atoms with Gasteiger partial charge in [-0.3, -0.25) is 5.10 Å². The summed E-state index contributed by atoms with van der Waals surface area (Å²) in [6.07, 6.45) is 7.23. The highest BCUT2D eigenvalue weighted by molar-refractivity contribution is 5.30. The Morgan fingerprint density at radius 2 is 1.79 bits per heavy atom. The van der Waals surface area contributed by atoms with E-state index in [0.717, 1.165) is 43.6 Å². The first-order valence-electron chi connectivity index (χ1n) is 7.65. The molecule has 5 heteroatoms. The Kier molecular flexibility index (Phi) is 3.73. The monoisotopic (exact) mass is 263 g/mol. The van der Waals surface area contributed by atoms with E-state index in [1.807, 2.05) is 0 Å². The molecular formula is C14H25N5. The molecule has 1 aromatic rings. The largest absolute Gasteiger partial charge is 0.339 e. The Morgan fingerprint density at radius 3 is 2.47 bits per heavy atom. The van der Waals surface area contributed by atoms with Gasteiger partial charge in [-0.2, -0.15) is 4.98 Å². The van der Waals surface area contributed by atoms with Crippen molar-refractivity contribution in [3.8, 4) is 0 Å². The first kappa shape index (κ1) is 12.9. The van der Waals surface area contributed by atoms with Crippen molar-refractivity contribution in [1.29, 1.82) is 0 Å². The van der Waals surface area contributed by atoms with E-state index in [2.05, 4.69) is 22.0 Å². The van der Waals surface area contributed by atoms with E-state index in [9.17, 15) is 0 Å². The molecule has 19 heavy (non-hydrogen) atoms. The normalized spacial score (nSPS) is 29.7. The molecule has 0 atom stereocenters. The van der Waals surface area contributed by atoms with Crippen LogP contribution in [0, 0.1) is 5.92 Å². The van der Waals surface area contributed by atoms with Crippen LogP contribution in [0.2, 0.25) is 0 Å². The van der Waals surface area contributed by atoms with E-state index >= 15 is 0 Å². The predicted octanol–water partition coefficient (Wildman–Crippen LogP) is 2.03. The molecule has 2 aliphatic rings. The van der Waals surface area contributed by atoms with Crippen LogP contribution in [0.4, 0.5) is 5.95 Å². The number of nitrogens with two attached hydrogens (primary N) is 1. The fourth-order valence-corrected chi connectivity index (χ4v) is 3.22. The van der Waals surface area contributed by atoms with Crippen LogP contribution in [0.25, 0.3) is 0 Å². The first-order valence-corrected chi connectivity index (χ1v) is 7.65. The van der Waals surface area contributed by atoms with Crippen molar-refractivity contribution in [3.63, 3.8) is 0 Å². The number of rotatable bonds is 2. The van der Waals surface area contributed by atoms with E-state index in [-0.39, 0.29) is 0 Å². The Labute approximate surface area is 115 Å². The third kappa shape index (κ3) is 2.91. The molecule has 2 heterocycles. The standard InChI is InChI=1S/C14H25N5/c1-10-2-4-11(5-3-10)13-16-14(18-17-13)19-8-6-12(15)7-9-19/h10-12H,2-9,15H2,1H3,(H,16,17,18). The maximum atomic E-state index is 5.93.